The normalized spacial score (nSPS) is 13.5. The Bertz CT molecular complexity index is 1440. The summed E-state index contributed by atoms with van der Waals surface area (Å²) < 4.78 is 6.11. The van der Waals surface area contributed by atoms with Crippen LogP contribution in [0.2, 0.25) is 0 Å². The number of carbonyl (C=O) groups is 3. The van der Waals surface area contributed by atoms with Crippen LogP contribution in [0, 0.1) is 6.92 Å². The molecule has 0 radical (unpaired) electrons. The van der Waals surface area contributed by atoms with Crippen molar-refractivity contribution in [1.29, 1.82) is 0 Å². The second-order valence-corrected chi connectivity index (χ2v) is 10.6. The third-order valence-corrected chi connectivity index (χ3v) is 7.33. The van der Waals surface area contributed by atoms with E-state index in [0.717, 1.165) is 51.0 Å². The van der Waals surface area contributed by atoms with Crippen molar-refractivity contribution in [2.75, 3.05) is 57.1 Å². The van der Waals surface area contributed by atoms with Gasteiger partial charge in [-0.2, -0.15) is 0 Å². The molecule has 3 aromatic rings. The first-order valence-corrected chi connectivity index (χ1v) is 14.3. The zero-order valence-electron chi connectivity index (χ0n) is 24.5. The average Bonchev–Trinajstić information content (AvgIpc) is 2.99. The first-order valence-electron chi connectivity index (χ1n) is 14.3. The Kier molecular flexibility index (Phi) is 10.5. The Balaban J connectivity index is 1.28. The Morgan fingerprint density at radius 2 is 1.69 bits per heavy atom. The number of nitrogens with zero attached hydrogens (tertiary/aromatic N) is 3. The summed E-state index contributed by atoms with van der Waals surface area (Å²) in [7, 11) is 3.78. The number of likely N-dealkylation sites (N-methyl/N-ethyl adjacent to an activating group) is 1. The lowest BCUT2D eigenvalue weighted by Gasteiger charge is -2.32. The van der Waals surface area contributed by atoms with E-state index in [4.69, 9.17) is 4.74 Å². The summed E-state index contributed by atoms with van der Waals surface area (Å²) >= 11 is 0. The van der Waals surface area contributed by atoms with Gasteiger partial charge in [0.2, 0.25) is 11.5 Å². The molecular weight excluding hydrogens is 534 g/mol. The Labute approximate surface area is 246 Å². The van der Waals surface area contributed by atoms with Crippen LogP contribution in [-0.2, 0) is 4.79 Å². The molecule has 222 valence electrons. The summed E-state index contributed by atoms with van der Waals surface area (Å²) in [6.45, 7) is 5.93. The number of hydrogen-bond donors (Lipinski definition) is 2. The zero-order chi connectivity index (χ0) is 30.1. The third-order valence-electron chi connectivity index (χ3n) is 7.33. The molecule has 0 saturated carbocycles. The number of H-pyrrole nitrogens is 1. The van der Waals surface area contributed by atoms with Gasteiger partial charge in [0.15, 0.2) is 0 Å². The van der Waals surface area contributed by atoms with Gasteiger partial charge in [-0.1, -0.05) is 12.1 Å². The van der Waals surface area contributed by atoms with Crippen LogP contribution in [0.4, 0.5) is 11.4 Å². The van der Waals surface area contributed by atoms with Crippen molar-refractivity contribution >= 4 is 29.1 Å². The quantitative estimate of drug-likeness (QED) is 0.336. The molecule has 0 aliphatic carbocycles. The van der Waals surface area contributed by atoms with E-state index in [-0.39, 0.29) is 23.1 Å². The predicted molar refractivity (Wildman–Crippen MR) is 163 cm³/mol. The molecule has 1 fully saturated rings. The molecule has 10 heteroatoms. The van der Waals surface area contributed by atoms with E-state index in [1.54, 1.807) is 36.2 Å². The SMILES string of the molecule is Cc1ccc(N(C)C(=O)c2ccc(NC(=O)c3cccc(=O)[nH]3)cc2)c(OCCCCCC(=O)N2CCN(C)CC2)c1. The van der Waals surface area contributed by atoms with Crippen molar-refractivity contribution in [2.24, 2.45) is 0 Å². The van der Waals surface area contributed by atoms with Crippen LogP contribution in [0.15, 0.2) is 65.5 Å². The maximum atomic E-state index is 13.3. The van der Waals surface area contributed by atoms with Gasteiger partial charge >= 0.3 is 0 Å². The zero-order valence-corrected chi connectivity index (χ0v) is 24.5. The third kappa shape index (κ3) is 8.29. The van der Waals surface area contributed by atoms with Crippen LogP contribution in [0.3, 0.4) is 0 Å². The van der Waals surface area contributed by atoms with E-state index in [2.05, 4.69) is 22.2 Å². The summed E-state index contributed by atoms with van der Waals surface area (Å²) in [6.07, 6.45) is 3.09. The van der Waals surface area contributed by atoms with Crippen LogP contribution >= 0.6 is 0 Å². The summed E-state index contributed by atoms with van der Waals surface area (Å²) in [5, 5.41) is 2.71. The molecule has 3 amide bonds. The highest BCUT2D eigenvalue weighted by Gasteiger charge is 2.19. The number of ether oxygens (including phenoxy) is 1. The highest BCUT2D eigenvalue weighted by atomic mass is 16.5. The molecule has 4 rings (SSSR count). The molecule has 1 aliphatic rings. The lowest BCUT2D eigenvalue weighted by Crippen LogP contribution is -2.47. The maximum Gasteiger partial charge on any atom is 0.272 e. The number of piperazine rings is 1. The number of anilines is 2. The van der Waals surface area contributed by atoms with Crippen molar-refractivity contribution in [1.82, 2.24) is 14.8 Å². The van der Waals surface area contributed by atoms with E-state index >= 15 is 0 Å². The Morgan fingerprint density at radius 1 is 0.952 bits per heavy atom. The smallest absolute Gasteiger partial charge is 0.272 e. The highest BCUT2D eigenvalue weighted by Crippen LogP contribution is 2.30. The summed E-state index contributed by atoms with van der Waals surface area (Å²) in [6, 6.07) is 16.6. The number of carbonyl (C=O) groups excluding carboxylic acids is 3. The number of unbranched alkanes of at least 4 members (excludes halogenated alkanes) is 2. The van der Waals surface area contributed by atoms with Gasteiger partial charge < -0.3 is 29.7 Å². The van der Waals surface area contributed by atoms with E-state index in [9.17, 15) is 19.2 Å². The van der Waals surface area contributed by atoms with Gasteiger partial charge in [-0.05, 0) is 81.3 Å². The fourth-order valence-corrected chi connectivity index (χ4v) is 4.74. The molecule has 0 atom stereocenters. The van der Waals surface area contributed by atoms with Crippen molar-refractivity contribution < 1.29 is 19.1 Å². The van der Waals surface area contributed by atoms with Crippen molar-refractivity contribution in [2.45, 2.75) is 32.6 Å². The minimum absolute atomic E-state index is 0.147. The fraction of sp³-hybridized carbons (Fsp3) is 0.375. The molecule has 1 aliphatic heterocycles. The minimum Gasteiger partial charge on any atom is -0.491 e. The molecular formula is C32H39N5O5. The van der Waals surface area contributed by atoms with Gasteiger partial charge in [-0.15, -0.1) is 0 Å². The molecule has 2 N–H and O–H groups in total. The molecule has 1 saturated heterocycles. The van der Waals surface area contributed by atoms with Crippen LogP contribution < -0.4 is 20.5 Å². The van der Waals surface area contributed by atoms with E-state index in [0.29, 0.717) is 35.7 Å². The van der Waals surface area contributed by atoms with Gasteiger partial charge in [-0.25, -0.2) is 0 Å². The van der Waals surface area contributed by atoms with Crippen molar-refractivity contribution in [3.63, 3.8) is 0 Å². The van der Waals surface area contributed by atoms with Crippen molar-refractivity contribution in [3.8, 4) is 5.75 Å². The predicted octanol–water partition coefficient (Wildman–Crippen LogP) is 3.93. The Morgan fingerprint density at radius 3 is 2.40 bits per heavy atom. The van der Waals surface area contributed by atoms with Crippen LogP contribution in [0.1, 0.15) is 52.1 Å². The molecule has 0 unspecified atom stereocenters. The highest BCUT2D eigenvalue weighted by molar-refractivity contribution is 6.07. The Hall–Kier alpha value is -4.44. The van der Waals surface area contributed by atoms with Crippen LogP contribution in [-0.4, -0.2) is 79.4 Å². The molecule has 0 spiro atoms. The van der Waals surface area contributed by atoms with Crippen molar-refractivity contribution in [3.05, 3.63) is 87.8 Å². The van der Waals surface area contributed by atoms with Gasteiger partial charge in [-0.3, -0.25) is 19.2 Å². The van der Waals surface area contributed by atoms with Gasteiger partial charge in [0.05, 0.1) is 12.3 Å². The number of nitrogens with one attached hydrogen (secondary N) is 2. The topological polar surface area (TPSA) is 115 Å². The van der Waals surface area contributed by atoms with E-state index in [1.165, 1.54) is 18.2 Å². The molecule has 10 nitrogen and oxygen atoms in total. The number of aromatic nitrogens is 1. The van der Waals surface area contributed by atoms with Gasteiger partial charge in [0, 0.05) is 57.0 Å². The number of aryl methyl sites for hydroxylation is 1. The molecule has 42 heavy (non-hydrogen) atoms. The summed E-state index contributed by atoms with van der Waals surface area (Å²) in [5.41, 5.74) is 2.40. The molecule has 1 aromatic heterocycles. The second-order valence-electron chi connectivity index (χ2n) is 10.6. The number of benzene rings is 2. The molecule has 2 heterocycles. The molecule has 0 bridgehead atoms. The monoisotopic (exact) mass is 573 g/mol. The lowest BCUT2D eigenvalue weighted by atomic mass is 10.1. The van der Waals surface area contributed by atoms with E-state index < -0.39 is 5.91 Å². The first-order chi connectivity index (χ1) is 20.2. The lowest BCUT2D eigenvalue weighted by molar-refractivity contribution is -0.132. The van der Waals surface area contributed by atoms with Gasteiger partial charge in [0.25, 0.3) is 11.8 Å². The number of amides is 3. The summed E-state index contributed by atoms with van der Waals surface area (Å²) in [4.78, 5) is 57.9. The standard InChI is InChI=1S/C32H39N5O5/c1-23-11-16-27(28(22-23)42-21-6-4-5-10-30(39)37-19-17-35(2)18-20-37)36(3)32(41)24-12-14-25(15-13-24)33-31(40)26-8-7-9-29(38)34-26/h7-9,11-16,22H,4-6,10,17-21H2,1-3H3,(H,33,40)(H,34,38). The number of hydrogen-bond acceptors (Lipinski definition) is 6. The summed E-state index contributed by atoms with van der Waals surface area (Å²) in [5.74, 6) is 0.177. The molecule has 2 aromatic carbocycles. The van der Waals surface area contributed by atoms with Gasteiger partial charge in [0.1, 0.15) is 11.4 Å². The number of rotatable bonds is 11. The van der Waals surface area contributed by atoms with E-state index in [1.807, 2.05) is 30.0 Å². The number of aromatic amines is 1. The van der Waals surface area contributed by atoms with Crippen LogP contribution in [0.25, 0.3) is 0 Å². The first kappa shape index (κ1) is 30.5. The van der Waals surface area contributed by atoms with Crippen LogP contribution in [0.5, 0.6) is 5.75 Å². The number of pyridine rings is 1. The fourth-order valence-electron chi connectivity index (χ4n) is 4.74. The minimum atomic E-state index is -0.452. The second kappa shape index (κ2) is 14.5. The average molecular weight is 574 g/mol. The maximum absolute atomic E-state index is 13.3. The largest absolute Gasteiger partial charge is 0.491 e.